The van der Waals surface area contributed by atoms with E-state index in [-0.39, 0.29) is 12.4 Å². The van der Waals surface area contributed by atoms with Gasteiger partial charge in [-0.15, -0.1) is 0 Å². The zero-order valence-corrected chi connectivity index (χ0v) is 17.1. The Labute approximate surface area is 174 Å². The standard InChI is InChI=1S/C24H23NO5/c1-3-18-15(2)23(17-7-4-5-8-19(17)25-18)24(27)30-14-20(26)16-9-10-21-22(13-16)29-12-6-11-28-21/h4-5,7-10,13H,3,6,11-12,14H2,1-2H3. The lowest BCUT2D eigenvalue weighted by atomic mass is 10.0. The van der Waals surface area contributed by atoms with Gasteiger partial charge in [0.25, 0.3) is 0 Å². The number of ether oxygens (including phenoxy) is 3. The third kappa shape index (κ3) is 3.85. The fraction of sp³-hybridized carbons (Fsp3) is 0.292. The van der Waals surface area contributed by atoms with Crippen LogP contribution >= 0.6 is 0 Å². The average molecular weight is 405 g/mol. The molecule has 0 saturated heterocycles. The highest BCUT2D eigenvalue weighted by atomic mass is 16.5. The predicted octanol–water partition coefficient (Wildman–Crippen LogP) is 4.31. The Kier molecular flexibility index (Phi) is 5.65. The molecule has 0 radical (unpaired) electrons. The van der Waals surface area contributed by atoms with Crippen LogP contribution in [0, 0.1) is 6.92 Å². The van der Waals surface area contributed by atoms with Crippen molar-refractivity contribution in [3.8, 4) is 11.5 Å². The second-order valence-electron chi connectivity index (χ2n) is 7.14. The van der Waals surface area contributed by atoms with Gasteiger partial charge >= 0.3 is 5.97 Å². The molecule has 3 aromatic rings. The van der Waals surface area contributed by atoms with Crippen molar-refractivity contribution in [2.24, 2.45) is 0 Å². The predicted molar refractivity (Wildman–Crippen MR) is 113 cm³/mol. The summed E-state index contributed by atoms with van der Waals surface area (Å²) in [4.78, 5) is 30.2. The van der Waals surface area contributed by atoms with Crippen LogP contribution in [0.4, 0.5) is 0 Å². The van der Waals surface area contributed by atoms with Gasteiger partial charge in [-0.2, -0.15) is 0 Å². The summed E-state index contributed by atoms with van der Waals surface area (Å²) in [5.74, 6) is 0.328. The molecule has 1 aliphatic heterocycles. The largest absolute Gasteiger partial charge is 0.490 e. The van der Waals surface area contributed by atoms with E-state index in [4.69, 9.17) is 14.2 Å². The van der Waals surface area contributed by atoms with Crippen LogP contribution in [0.5, 0.6) is 11.5 Å². The number of fused-ring (bicyclic) bond motifs is 2. The highest BCUT2D eigenvalue weighted by molar-refractivity contribution is 6.06. The molecule has 1 aliphatic rings. The Morgan fingerprint density at radius 3 is 2.63 bits per heavy atom. The molecule has 0 atom stereocenters. The van der Waals surface area contributed by atoms with E-state index in [1.165, 1.54) is 0 Å². The molecular formula is C24H23NO5. The summed E-state index contributed by atoms with van der Waals surface area (Å²) >= 11 is 0. The van der Waals surface area contributed by atoms with Gasteiger partial charge in [0.05, 0.1) is 24.3 Å². The molecule has 0 bridgehead atoms. The van der Waals surface area contributed by atoms with Crippen LogP contribution in [0.1, 0.15) is 45.3 Å². The van der Waals surface area contributed by atoms with Crippen molar-refractivity contribution < 1.29 is 23.8 Å². The zero-order chi connectivity index (χ0) is 21.1. The summed E-state index contributed by atoms with van der Waals surface area (Å²) < 4.78 is 16.6. The number of carbonyl (C=O) groups is 2. The van der Waals surface area contributed by atoms with Gasteiger partial charge in [0.15, 0.2) is 23.9 Å². The van der Waals surface area contributed by atoms with Crippen molar-refractivity contribution in [1.82, 2.24) is 4.98 Å². The van der Waals surface area contributed by atoms with Crippen LogP contribution in [0.15, 0.2) is 42.5 Å². The number of aromatic nitrogens is 1. The van der Waals surface area contributed by atoms with Crippen molar-refractivity contribution in [1.29, 1.82) is 0 Å². The van der Waals surface area contributed by atoms with Gasteiger partial charge in [0.2, 0.25) is 0 Å². The molecular weight excluding hydrogens is 382 g/mol. The molecule has 0 saturated carbocycles. The molecule has 2 heterocycles. The van der Waals surface area contributed by atoms with E-state index < -0.39 is 5.97 Å². The van der Waals surface area contributed by atoms with Crippen molar-refractivity contribution in [2.45, 2.75) is 26.7 Å². The normalized spacial score (nSPS) is 13.0. The summed E-state index contributed by atoms with van der Waals surface area (Å²) in [5, 5.41) is 0.722. The van der Waals surface area contributed by atoms with Crippen LogP contribution < -0.4 is 9.47 Å². The van der Waals surface area contributed by atoms with Crippen LogP contribution in [0.25, 0.3) is 10.9 Å². The number of ketones is 1. The molecule has 6 heteroatoms. The lowest BCUT2D eigenvalue weighted by Gasteiger charge is -2.13. The van der Waals surface area contributed by atoms with Crippen molar-refractivity contribution in [3.63, 3.8) is 0 Å². The quantitative estimate of drug-likeness (QED) is 0.465. The van der Waals surface area contributed by atoms with Gasteiger partial charge in [-0.1, -0.05) is 25.1 Å². The summed E-state index contributed by atoms with van der Waals surface area (Å²) in [6, 6.07) is 12.5. The number of rotatable bonds is 5. The Bertz CT molecular complexity index is 1120. The molecule has 0 spiro atoms. The monoisotopic (exact) mass is 405 g/mol. The zero-order valence-electron chi connectivity index (χ0n) is 17.1. The van der Waals surface area contributed by atoms with Gasteiger partial charge in [0, 0.05) is 23.1 Å². The second kappa shape index (κ2) is 8.53. The van der Waals surface area contributed by atoms with Crippen LogP contribution in [-0.4, -0.2) is 36.6 Å². The maximum absolute atomic E-state index is 12.9. The molecule has 4 rings (SSSR count). The molecule has 0 aliphatic carbocycles. The van der Waals surface area contributed by atoms with Crippen molar-refractivity contribution in [3.05, 3.63) is 64.8 Å². The van der Waals surface area contributed by atoms with E-state index in [1.807, 2.05) is 38.1 Å². The average Bonchev–Trinajstić information content (AvgIpc) is 3.01. The van der Waals surface area contributed by atoms with Crippen molar-refractivity contribution in [2.75, 3.05) is 19.8 Å². The molecule has 6 nitrogen and oxygen atoms in total. The van der Waals surface area contributed by atoms with E-state index in [0.717, 1.165) is 28.6 Å². The molecule has 2 aromatic carbocycles. The first kappa shape index (κ1) is 19.9. The number of Topliss-reactive ketones (excluding diaryl/α,β-unsaturated/α-hetero) is 1. The van der Waals surface area contributed by atoms with E-state index >= 15 is 0 Å². The van der Waals surface area contributed by atoms with Gasteiger partial charge < -0.3 is 14.2 Å². The minimum absolute atomic E-state index is 0.300. The van der Waals surface area contributed by atoms with Gasteiger partial charge in [-0.05, 0) is 43.2 Å². The molecule has 30 heavy (non-hydrogen) atoms. The smallest absolute Gasteiger partial charge is 0.339 e. The van der Waals surface area contributed by atoms with Gasteiger partial charge in [-0.3, -0.25) is 9.78 Å². The number of benzene rings is 2. The van der Waals surface area contributed by atoms with Crippen molar-refractivity contribution >= 4 is 22.7 Å². The molecule has 0 N–H and O–H groups in total. The molecule has 1 aromatic heterocycles. The van der Waals surface area contributed by atoms with E-state index in [1.54, 1.807) is 18.2 Å². The number of hydrogen-bond acceptors (Lipinski definition) is 6. The van der Waals surface area contributed by atoms with Gasteiger partial charge in [-0.25, -0.2) is 4.79 Å². The van der Waals surface area contributed by atoms with Crippen LogP contribution in [0.2, 0.25) is 0 Å². The fourth-order valence-electron chi connectivity index (χ4n) is 3.59. The number of esters is 1. The SMILES string of the molecule is CCc1nc2ccccc2c(C(=O)OCC(=O)c2ccc3c(c2)OCCCO3)c1C. The summed E-state index contributed by atoms with van der Waals surface area (Å²) in [7, 11) is 0. The first-order chi connectivity index (χ1) is 14.6. The first-order valence-corrected chi connectivity index (χ1v) is 10.1. The highest BCUT2D eigenvalue weighted by Gasteiger charge is 2.20. The summed E-state index contributed by atoms with van der Waals surface area (Å²) in [6.07, 6.45) is 1.49. The Morgan fingerprint density at radius 1 is 1.07 bits per heavy atom. The van der Waals surface area contributed by atoms with E-state index in [9.17, 15) is 9.59 Å². The summed E-state index contributed by atoms with van der Waals surface area (Å²) in [5.41, 5.74) is 3.24. The number of hydrogen-bond donors (Lipinski definition) is 0. The number of nitrogens with zero attached hydrogens (tertiary/aromatic N) is 1. The molecule has 0 fully saturated rings. The number of carbonyl (C=O) groups excluding carboxylic acids is 2. The minimum Gasteiger partial charge on any atom is -0.490 e. The highest BCUT2D eigenvalue weighted by Crippen LogP contribution is 2.30. The summed E-state index contributed by atoms with van der Waals surface area (Å²) in [6.45, 7) is 4.62. The third-order valence-electron chi connectivity index (χ3n) is 5.18. The van der Waals surface area contributed by atoms with Gasteiger partial charge in [0.1, 0.15) is 0 Å². The first-order valence-electron chi connectivity index (χ1n) is 10.1. The van der Waals surface area contributed by atoms with E-state index in [2.05, 4.69) is 4.98 Å². The minimum atomic E-state index is -0.525. The van der Waals surface area contributed by atoms with E-state index in [0.29, 0.717) is 42.3 Å². The number of para-hydroxylation sites is 1. The molecule has 0 amide bonds. The number of pyridine rings is 1. The topological polar surface area (TPSA) is 74.7 Å². The maximum atomic E-state index is 12.9. The molecule has 154 valence electrons. The van der Waals surface area contributed by atoms with Crippen LogP contribution in [-0.2, 0) is 11.2 Å². The Balaban J connectivity index is 1.55. The third-order valence-corrected chi connectivity index (χ3v) is 5.18. The fourth-order valence-corrected chi connectivity index (χ4v) is 3.59. The second-order valence-corrected chi connectivity index (χ2v) is 7.14. The Morgan fingerprint density at radius 2 is 1.83 bits per heavy atom. The van der Waals surface area contributed by atoms with Crippen LogP contribution in [0.3, 0.4) is 0 Å². The number of aryl methyl sites for hydroxylation is 1. The molecule has 0 unspecified atom stereocenters. The lowest BCUT2D eigenvalue weighted by Crippen LogP contribution is -2.16. The maximum Gasteiger partial charge on any atom is 0.339 e. The lowest BCUT2D eigenvalue weighted by molar-refractivity contribution is 0.0475. The Hall–Kier alpha value is -3.41.